The molecule has 0 aliphatic carbocycles. The number of amides is 1. The molecule has 1 heterocycles. The number of benzene rings is 2. The molecule has 0 saturated heterocycles. The van der Waals surface area contributed by atoms with Crippen molar-refractivity contribution in [3.63, 3.8) is 0 Å². The molecule has 3 aromatic rings. The molecule has 0 radical (unpaired) electrons. The lowest BCUT2D eigenvalue weighted by Crippen LogP contribution is -2.12. The zero-order chi connectivity index (χ0) is 20.3. The third kappa shape index (κ3) is 4.32. The first-order valence-electron chi connectivity index (χ1n) is 8.38. The van der Waals surface area contributed by atoms with Crippen LogP contribution >= 0.6 is 11.6 Å². The summed E-state index contributed by atoms with van der Waals surface area (Å²) >= 11 is 5.78. The van der Waals surface area contributed by atoms with E-state index in [1.54, 1.807) is 6.07 Å². The fraction of sp³-hybridized carbons (Fsp3) is 0.150. The number of nitrogens with zero attached hydrogens (tertiary/aromatic N) is 1. The summed E-state index contributed by atoms with van der Waals surface area (Å²) in [6, 6.07) is 12.9. The highest BCUT2D eigenvalue weighted by Gasteiger charge is 2.19. The predicted octanol–water partition coefficient (Wildman–Crippen LogP) is 5.29. The number of nitro groups is 1. The van der Waals surface area contributed by atoms with Crippen LogP contribution in [0.4, 0.5) is 11.4 Å². The summed E-state index contributed by atoms with van der Waals surface area (Å²) in [4.78, 5) is 22.9. The number of carbonyl (C=O) groups is 1. The van der Waals surface area contributed by atoms with Gasteiger partial charge in [0.05, 0.1) is 4.92 Å². The number of aryl methyl sites for hydroxylation is 2. The van der Waals surface area contributed by atoms with Gasteiger partial charge in [0.25, 0.3) is 11.6 Å². The SMILES string of the molecule is Cc1cccc(C)c1OCc1ccc(C(=O)Nc2ccc(Cl)cc2[N+](=O)[O-])o1. The smallest absolute Gasteiger partial charge is 0.294 e. The summed E-state index contributed by atoms with van der Waals surface area (Å²) in [7, 11) is 0. The molecule has 0 saturated carbocycles. The zero-order valence-corrected chi connectivity index (χ0v) is 15.9. The Bertz CT molecular complexity index is 1020. The van der Waals surface area contributed by atoms with Crippen molar-refractivity contribution < 1.29 is 18.9 Å². The molecule has 0 atom stereocenters. The second-order valence-electron chi connectivity index (χ2n) is 6.15. The first-order valence-corrected chi connectivity index (χ1v) is 8.76. The molecule has 0 aliphatic heterocycles. The molecule has 2 aromatic carbocycles. The van der Waals surface area contributed by atoms with E-state index < -0.39 is 10.8 Å². The lowest BCUT2D eigenvalue weighted by Gasteiger charge is -2.10. The number of furan rings is 1. The van der Waals surface area contributed by atoms with Crippen LogP contribution in [0.1, 0.15) is 27.4 Å². The molecule has 0 bridgehead atoms. The Labute approximate surface area is 166 Å². The predicted molar refractivity (Wildman–Crippen MR) is 105 cm³/mol. The van der Waals surface area contributed by atoms with E-state index in [0.717, 1.165) is 16.9 Å². The van der Waals surface area contributed by atoms with Gasteiger partial charge in [-0.15, -0.1) is 0 Å². The molecule has 8 heteroatoms. The molecular weight excluding hydrogens is 384 g/mol. The van der Waals surface area contributed by atoms with Gasteiger partial charge in [-0.3, -0.25) is 14.9 Å². The van der Waals surface area contributed by atoms with Crippen LogP contribution in [0.25, 0.3) is 0 Å². The van der Waals surface area contributed by atoms with Crippen LogP contribution in [-0.2, 0) is 6.61 Å². The van der Waals surface area contributed by atoms with E-state index in [9.17, 15) is 14.9 Å². The minimum Gasteiger partial charge on any atom is -0.485 e. The third-order valence-electron chi connectivity index (χ3n) is 4.06. The van der Waals surface area contributed by atoms with Crippen molar-refractivity contribution in [3.05, 3.63) is 86.3 Å². The summed E-state index contributed by atoms with van der Waals surface area (Å²) in [5.41, 5.74) is 1.73. The number of carbonyl (C=O) groups excluding carboxylic acids is 1. The number of hydrogen-bond acceptors (Lipinski definition) is 5. The summed E-state index contributed by atoms with van der Waals surface area (Å²) in [5, 5.41) is 13.8. The number of nitro benzene ring substituents is 1. The Morgan fingerprint density at radius 3 is 2.57 bits per heavy atom. The van der Waals surface area contributed by atoms with Crippen LogP contribution < -0.4 is 10.1 Å². The van der Waals surface area contributed by atoms with E-state index in [4.69, 9.17) is 20.8 Å². The van der Waals surface area contributed by atoms with Crippen molar-refractivity contribution in [2.75, 3.05) is 5.32 Å². The largest absolute Gasteiger partial charge is 0.485 e. The molecule has 3 rings (SSSR count). The molecule has 144 valence electrons. The summed E-state index contributed by atoms with van der Waals surface area (Å²) in [6.07, 6.45) is 0. The van der Waals surface area contributed by atoms with Gasteiger partial charge in [-0.25, -0.2) is 0 Å². The minimum absolute atomic E-state index is 0.0179. The molecule has 1 aromatic heterocycles. The average molecular weight is 401 g/mol. The highest BCUT2D eigenvalue weighted by atomic mass is 35.5. The highest BCUT2D eigenvalue weighted by molar-refractivity contribution is 6.31. The van der Waals surface area contributed by atoms with Crippen molar-refractivity contribution in [1.82, 2.24) is 0 Å². The molecule has 0 aliphatic rings. The standard InChI is InChI=1S/C20H17ClN2O5/c1-12-4-3-5-13(2)19(12)27-11-15-7-9-18(28-15)20(24)22-16-8-6-14(21)10-17(16)23(25)26/h3-10H,11H2,1-2H3,(H,22,24). The first kappa shape index (κ1) is 19.4. The first-order chi connectivity index (χ1) is 13.3. The maximum absolute atomic E-state index is 12.4. The van der Waals surface area contributed by atoms with Gasteiger partial charge in [0.2, 0.25) is 0 Å². The molecule has 0 fully saturated rings. The topological polar surface area (TPSA) is 94.6 Å². The number of nitrogens with one attached hydrogen (secondary N) is 1. The lowest BCUT2D eigenvalue weighted by atomic mass is 10.1. The van der Waals surface area contributed by atoms with Gasteiger partial charge in [-0.05, 0) is 49.2 Å². The molecule has 1 N–H and O–H groups in total. The second-order valence-corrected chi connectivity index (χ2v) is 6.58. The molecular formula is C20H17ClN2O5. The van der Waals surface area contributed by atoms with Crippen molar-refractivity contribution in [1.29, 1.82) is 0 Å². The molecule has 28 heavy (non-hydrogen) atoms. The van der Waals surface area contributed by atoms with Crippen LogP contribution in [0.3, 0.4) is 0 Å². The Balaban J connectivity index is 1.70. The van der Waals surface area contributed by atoms with Crippen LogP contribution in [0, 0.1) is 24.0 Å². The number of para-hydroxylation sites is 1. The van der Waals surface area contributed by atoms with Crippen LogP contribution in [0.5, 0.6) is 5.75 Å². The Hall–Kier alpha value is -3.32. The zero-order valence-electron chi connectivity index (χ0n) is 15.2. The molecule has 7 nitrogen and oxygen atoms in total. The van der Waals surface area contributed by atoms with E-state index in [1.165, 1.54) is 24.3 Å². The Morgan fingerprint density at radius 2 is 1.89 bits per heavy atom. The maximum atomic E-state index is 12.4. The molecule has 0 spiro atoms. The third-order valence-corrected chi connectivity index (χ3v) is 4.29. The lowest BCUT2D eigenvalue weighted by molar-refractivity contribution is -0.383. The van der Waals surface area contributed by atoms with Gasteiger partial charge >= 0.3 is 0 Å². The van der Waals surface area contributed by atoms with Gasteiger partial charge in [-0.1, -0.05) is 29.8 Å². The minimum atomic E-state index is -0.618. The van der Waals surface area contributed by atoms with Crippen molar-refractivity contribution >= 4 is 28.9 Å². The number of hydrogen-bond donors (Lipinski definition) is 1. The second kappa shape index (κ2) is 8.14. The van der Waals surface area contributed by atoms with E-state index in [1.807, 2.05) is 32.0 Å². The monoisotopic (exact) mass is 400 g/mol. The fourth-order valence-electron chi connectivity index (χ4n) is 2.69. The summed E-state index contributed by atoms with van der Waals surface area (Å²) in [5.74, 6) is 0.633. The van der Waals surface area contributed by atoms with Crippen LogP contribution in [0.2, 0.25) is 5.02 Å². The van der Waals surface area contributed by atoms with Gasteiger partial charge in [0.1, 0.15) is 23.8 Å². The highest BCUT2D eigenvalue weighted by Crippen LogP contribution is 2.28. The fourth-order valence-corrected chi connectivity index (χ4v) is 2.86. The van der Waals surface area contributed by atoms with E-state index in [-0.39, 0.29) is 28.8 Å². The number of anilines is 1. The van der Waals surface area contributed by atoms with Crippen LogP contribution in [-0.4, -0.2) is 10.8 Å². The molecule has 1 amide bonds. The van der Waals surface area contributed by atoms with Crippen molar-refractivity contribution in [2.24, 2.45) is 0 Å². The number of halogens is 1. The van der Waals surface area contributed by atoms with Gasteiger partial charge in [0, 0.05) is 11.1 Å². The quantitative estimate of drug-likeness (QED) is 0.448. The summed E-state index contributed by atoms with van der Waals surface area (Å²) in [6.45, 7) is 4.05. The number of rotatable bonds is 6. The van der Waals surface area contributed by atoms with E-state index >= 15 is 0 Å². The van der Waals surface area contributed by atoms with E-state index in [0.29, 0.717) is 5.76 Å². The van der Waals surface area contributed by atoms with Gasteiger partial charge < -0.3 is 14.5 Å². The summed E-state index contributed by atoms with van der Waals surface area (Å²) < 4.78 is 11.3. The normalized spacial score (nSPS) is 10.5. The maximum Gasteiger partial charge on any atom is 0.294 e. The van der Waals surface area contributed by atoms with Gasteiger partial charge in [0.15, 0.2) is 5.76 Å². The molecule has 0 unspecified atom stereocenters. The Kier molecular flexibility index (Phi) is 5.65. The van der Waals surface area contributed by atoms with Crippen molar-refractivity contribution in [3.8, 4) is 5.75 Å². The van der Waals surface area contributed by atoms with E-state index in [2.05, 4.69) is 5.32 Å². The van der Waals surface area contributed by atoms with Gasteiger partial charge in [-0.2, -0.15) is 0 Å². The van der Waals surface area contributed by atoms with Crippen LogP contribution in [0.15, 0.2) is 52.9 Å². The number of ether oxygens (including phenoxy) is 1. The average Bonchev–Trinajstić information content (AvgIpc) is 3.12. The Morgan fingerprint density at radius 1 is 1.18 bits per heavy atom. The van der Waals surface area contributed by atoms with Crippen molar-refractivity contribution in [2.45, 2.75) is 20.5 Å².